The summed E-state index contributed by atoms with van der Waals surface area (Å²) in [6, 6.07) is 1.85. The van der Waals surface area contributed by atoms with E-state index < -0.39 is 5.82 Å². The van der Waals surface area contributed by atoms with Crippen LogP contribution in [0.25, 0.3) is 0 Å². The monoisotopic (exact) mass is 207 g/mol. The number of aryl methyl sites for hydroxylation is 2. The van der Waals surface area contributed by atoms with Gasteiger partial charge in [-0.05, 0) is 6.92 Å². The summed E-state index contributed by atoms with van der Waals surface area (Å²) in [4.78, 5) is 7.53. The van der Waals surface area contributed by atoms with Gasteiger partial charge in [-0.25, -0.2) is 14.4 Å². The number of rotatable bonds is 2. The van der Waals surface area contributed by atoms with Gasteiger partial charge in [-0.2, -0.15) is 5.10 Å². The Morgan fingerprint density at radius 1 is 1.33 bits per heavy atom. The third-order valence-corrected chi connectivity index (χ3v) is 1.97. The number of halogens is 1. The zero-order valence-corrected chi connectivity index (χ0v) is 8.40. The van der Waals surface area contributed by atoms with Gasteiger partial charge in [-0.1, -0.05) is 0 Å². The Bertz CT molecular complexity index is 442. The van der Waals surface area contributed by atoms with Crippen LogP contribution in [-0.4, -0.2) is 19.7 Å². The molecule has 2 heterocycles. The third-order valence-electron chi connectivity index (χ3n) is 1.97. The van der Waals surface area contributed by atoms with Gasteiger partial charge in [0.15, 0.2) is 11.6 Å². The van der Waals surface area contributed by atoms with Crippen LogP contribution in [0, 0.1) is 12.7 Å². The first-order valence-electron chi connectivity index (χ1n) is 4.40. The summed E-state index contributed by atoms with van der Waals surface area (Å²) in [7, 11) is 1.84. The van der Waals surface area contributed by atoms with E-state index in [2.05, 4.69) is 20.4 Å². The Morgan fingerprint density at radius 3 is 2.53 bits per heavy atom. The average molecular weight is 207 g/mol. The molecule has 15 heavy (non-hydrogen) atoms. The Kier molecular flexibility index (Phi) is 2.32. The Labute approximate surface area is 86.0 Å². The molecule has 0 amide bonds. The van der Waals surface area contributed by atoms with Crippen molar-refractivity contribution in [3.8, 4) is 0 Å². The highest BCUT2D eigenvalue weighted by atomic mass is 19.1. The Balaban J connectivity index is 2.18. The molecule has 0 aliphatic rings. The third kappa shape index (κ3) is 2.09. The van der Waals surface area contributed by atoms with E-state index >= 15 is 0 Å². The highest BCUT2D eigenvalue weighted by molar-refractivity contribution is 5.47. The minimum absolute atomic E-state index is 0.328. The summed E-state index contributed by atoms with van der Waals surface area (Å²) in [6.07, 6.45) is 2.20. The van der Waals surface area contributed by atoms with Crippen molar-refractivity contribution in [3.63, 3.8) is 0 Å². The molecule has 78 valence electrons. The van der Waals surface area contributed by atoms with Crippen LogP contribution >= 0.6 is 0 Å². The van der Waals surface area contributed by atoms with Crippen LogP contribution in [0.5, 0.6) is 0 Å². The summed E-state index contributed by atoms with van der Waals surface area (Å²) < 4.78 is 14.2. The van der Waals surface area contributed by atoms with Crippen LogP contribution in [-0.2, 0) is 7.05 Å². The normalized spacial score (nSPS) is 10.3. The summed E-state index contributed by atoms with van der Waals surface area (Å²) in [5.41, 5.74) is 1.01. The molecule has 0 bridgehead atoms. The van der Waals surface area contributed by atoms with E-state index in [1.807, 2.05) is 20.0 Å². The van der Waals surface area contributed by atoms with Crippen molar-refractivity contribution < 1.29 is 4.39 Å². The molecule has 0 atom stereocenters. The average Bonchev–Trinajstić information content (AvgIpc) is 2.50. The first kappa shape index (κ1) is 9.57. The van der Waals surface area contributed by atoms with Crippen molar-refractivity contribution in [2.45, 2.75) is 6.92 Å². The van der Waals surface area contributed by atoms with Crippen molar-refractivity contribution in [2.75, 3.05) is 5.32 Å². The standard InChI is InChI=1S/C9H10FN5/c1-6-3-8(14-15(6)2)13-9-11-4-7(10)5-12-9/h3-5H,1-2H3,(H,11,12,13,14). The van der Waals surface area contributed by atoms with Gasteiger partial charge in [0.25, 0.3) is 0 Å². The molecule has 0 aromatic carbocycles. The van der Waals surface area contributed by atoms with Crippen molar-refractivity contribution >= 4 is 11.8 Å². The predicted molar refractivity (Wildman–Crippen MR) is 53.2 cm³/mol. The SMILES string of the molecule is Cc1cc(Nc2ncc(F)cn2)nn1C. The fourth-order valence-electron chi connectivity index (χ4n) is 1.11. The maximum Gasteiger partial charge on any atom is 0.228 e. The zero-order valence-electron chi connectivity index (χ0n) is 8.40. The summed E-state index contributed by atoms with van der Waals surface area (Å²) >= 11 is 0. The second-order valence-electron chi connectivity index (χ2n) is 3.14. The van der Waals surface area contributed by atoms with Gasteiger partial charge < -0.3 is 5.32 Å². The molecule has 2 aromatic rings. The van der Waals surface area contributed by atoms with Crippen LogP contribution in [0.15, 0.2) is 18.5 Å². The molecule has 0 fully saturated rings. The van der Waals surface area contributed by atoms with E-state index in [1.165, 1.54) is 0 Å². The number of nitrogens with zero attached hydrogens (tertiary/aromatic N) is 4. The summed E-state index contributed by atoms with van der Waals surface area (Å²) in [5.74, 6) is 0.508. The predicted octanol–water partition coefficient (Wildman–Crippen LogP) is 1.40. The second-order valence-corrected chi connectivity index (χ2v) is 3.14. The molecule has 6 heteroatoms. The van der Waals surface area contributed by atoms with E-state index in [0.717, 1.165) is 18.1 Å². The molecule has 1 N–H and O–H groups in total. The van der Waals surface area contributed by atoms with Gasteiger partial charge in [-0.3, -0.25) is 4.68 Å². The minimum atomic E-state index is -0.460. The lowest BCUT2D eigenvalue weighted by molar-refractivity contribution is 0.614. The van der Waals surface area contributed by atoms with Gasteiger partial charge >= 0.3 is 0 Å². The van der Waals surface area contributed by atoms with Gasteiger partial charge in [0.2, 0.25) is 5.95 Å². The Morgan fingerprint density at radius 2 is 2.00 bits per heavy atom. The molecule has 0 spiro atoms. The number of hydrogen-bond donors (Lipinski definition) is 1. The van der Waals surface area contributed by atoms with E-state index in [1.54, 1.807) is 4.68 Å². The fraction of sp³-hybridized carbons (Fsp3) is 0.222. The topological polar surface area (TPSA) is 55.6 Å². The van der Waals surface area contributed by atoms with Crippen molar-refractivity contribution in [3.05, 3.63) is 30.0 Å². The van der Waals surface area contributed by atoms with Crippen LogP contribution in [0.4, 0.5) is 16.2 Å². The number of nitrogens with one attached hydrogen (secondary N) is 1. The Hall–Kier alpha value is -1.98. The van der Waals surface area contributed by atoms with Gasteiger partial charge in [0.1, 0.15) is 0 Å². The summed E-state index contributed by atoms with van der Waals surface area (Å²) in [5, 5.41) is 7.03. The largest absolute Gasteiger partial charge is 0.307 e. The first-order valence-corrected chi connectivity index (χ1v) is 4.40. The van der Waals surface area contributed by atoms with Crippen molar-refractivity contribution in [2.24, 2.45) is 7.05 Å². The van der Waals surface area contributed by atoms with E-state index in [0.29, 0.717) is 11.8 Å². The fourth-order valence-corrected chi connectivity index (χ4v) is 1.11. The molecular weight excluding hydrogens is 197 g/mol. The van der Waals surface area contributed by atoms with Crippen LogP contribution in [0.3, 0.4) is 0 Å². The maximum atomic E-state index is 12.5. The molecule has 0 aliphatic carbocycles. The minimum Gasteiger partial charge on any atom is -0.307 e. The van der Waals surface area contributed by atoms with Crippen molar-refractivity contribution in [1.29, 1.82) is 0 Å². The zero-order chi connectivity index (χ0) is 10.8. The smallest absolute Gasteiger partial charge is 0.228 e. The molecule has 0 saturated carbocycles. The molecule has 2 aromatic heterocycles. The number of hydrogen-bond acceptors (Lipinski definition) is 4. The quantitative estimate of drug-likeness (QED) is 0.808. The second kappa shape index (κ2) is 3.64. The van der Waals surface area contributed by atoms with Crippen LogP contribution in [0.1, 0.15) is 5.69 Å². The van der Waals surface area contributed by atoms with Gasteiger partial charge in [0.05, 0.1) is 12.4 Å². The van der Waals surface area contributed by atoms with Crippen LogP contribution < -0.4 is 5.32 Å². The highest BCUT2D eigenvalue weighted by Crippen LogP contribution is 2.11. The molecule has 0 radical (unpaired) electrons. The first-order chi connectivity index (χ1) is 7.15. The molecule has 0 unspecified atom stereocenters. The lowest BCUT2D eigenvalue weighted by atomic mass is 10.5. The molecule has 5 nitrogen and oxygen atoms in total. The van der Waals surface area contributed by atoms with Crippen LogP contribution in [0.2, 0.25) is 0 Å². The van der Waals surface area contributed by atoms with E-state index in [4.69, 9.17) is 0 Å². The number of aromatic nitrogens is 4. The van der Waals surface area contributed by atoms with E-state index in [-0.39, 0.29) is 0 Å². The molecular formula is C9H10FN5. The van der Waals surface area contributed by atoms with E-state index in [9.17, 15) is 4.39 Å². The molecule has 2 rings (SSSR count). The summed E-state index contributed by atoms with van der Waals surface area (Å²) in [6.45, 7) is 1.93. The van der Waals surface area contributed by atoms with Gasteiger partial charge in [0, 0.05) is 18.8 Å². The lowest BCUT2D eigenvalue weighted by Crippen LogP contribution is -1.98. The highest BCUT2D eigenvalue weighted by Gasteiger charge is 2.02. The molecule has 0 aliphatic heterocycles. The van der Waals surface area contributed by atoms with Gasteiger partial charge in [-0.15, -0.1) is 0 Å². The van der Waals surface area contributed by atoms with Crippen molar-refractivity contribution in [1.82, 2.24) is 19.7 Å². The maximum absolute atomic E-state index is 12.5. The lowest BCUT2D eigenvalue weighted by Gasteiger charge is -1.98. The number of anilines is 2. The molecule has 0 saturated heterocycles.